The molecule has 0 fully saturated rings. The maximum Gasteiger partial charge on any atom is 0.226 e. The summed E-state index contributed by atoms with van der Waals surface area (Å²) in [6, 6.07) is 12.9. The van der Waals surface area contributed by atoms with Gasteiger partial charge in [-0.1, -0.05) is 30.3 Å². The summed E-state index contributed by atoms with van der Waals surface area (Å²) in [6.45, 7) is 1.82. The fourth-order valence-electron chi connectivity index (χ4n) is 2.99. The molecule has 1 atom stereocenters. The Labute approximate surface area is 137 Å². The van der Waals surface area contributed by atoms with Crippen LogP contribution in [0.3, 0.4) is 0 Å². The van der Waals surface area contributed by atoms with E-state index in [1.165, 1.54) is 23.1 Å². The molecule has 4 rings (SSSR count). The van der Waals surface area contributed by atoms with Crippen molar-refractivity contribution in [3.8, 4) is 0 Å². The molecular formula is C18H14F2N4. The Kier molecular flexibility index (Phi) is 3.19. The van der Waals surface area contributed by atoms with E-state index in [0.717, 1.165) is 0 Å². The molecule has 0 radical (unpaired) electrons. The maximum atomic E-state index is 14.3. The van der Waals surface area contributed by atoms with Crippen LogP contribution in [0, 0.1) is 11.6 Å². The Hall–Kier alpha value is -3.02. The highest BCUT2D eigenvalue weighted by molar-refractivity contribution is 5.73. The van der Waals surface area contributed by atoms with Gasteiger partial charge in [-0.25, -0.2) is 8.78 Å². The van der Waals surface area contributed by atoms with Crippen LogP contribution in [0.4, 0.5) is 14.7 Å². The average molecular weight is 324 g/mol. The van der Waals surface area contributed by atoms with Crippen molar-refractivity contribution >= 4 is 11.6 Å². The second-order valence-corrected chi connectivity index (χ2v) is 5.81. The van der Waals surface area contributed by atoms with E-state index in [4.69, 9.17) is 0 Å². The van der Waals surface area contributed by atoms with Gasteiger partial charge in [0.2, 0.25) is 5.95 Å². The molecule has 0 amide bonds. The number of aromatic nitrogens is 3. The van der Waals surface area contributed by atoms with E-state index < -0.39 is 5.54 Å². The van der Waals surface area contributed by atoms with Crippen LogP contribution in [-0.4, -0.2) is 14.8 Å². The molecule has 4 nitrogen and oxygen atoms in total. The zero-order valence-electron chi connectivity index (χ0n) is 12.9. The van der Waals surface area contributed by atoms with E-state index in [0.29, 0.717) is 22.8 Å². The number of anilines is 1. The summed E-state index contributed by atoms with van der Waals surface area (Å²) in [4.78, 5) is 4.17. The smallest absolute Gasteiger partial charge is 0.226 e. The fourth-order valence-corrected chi connectivity index (χ4v) is 2.99. The largest absolute Gasteiger partial charge is 0.341 e. The molecule has 120 valence electrons. The SMILES string of the molecule is C[C@@]1(c2ccccc2F)C=C(c2ccccc2F)n2ncnc2N1. The van der Waals surface area contributed by atoms with Crippen molar-refractivity contribution in [3.05, 3.63) is 83.7 Å². The Morgan fingerprint density at radius 1 is 1.00 bits per heavy atom. The average Bonchev–Trinajstić information content (AvgIpc) is 3.03. The molecule has 0 saturated carbocycles. The van der Waals surface area contributed by atoms with Crippen molar-refractivity contribution in [2.75, 3.05) is 5.32 Å². The van der Waals surface area contributed by atoms with Crippen LogP contribution in [-0.2, 0) is 5.54 Å². The van der Waals surface area contributed by atoms with Crippen LogP contribution in [0.5, 0.6) is 0 Å². The molecule has 2 aromatic carbocycles. The van der Waals surface area contributed by atoms with E-state index in [-0.39, 0.29) is 11.6 Å². The number of hydrogen-bond donors (Lipinski definition) is 1. The molecule has 0 aliphatic carbocycles. The highest BCUT2D eigenvalue weighted by Crippen LogP contribution is 2.37. The van der Waals surface area contributed by atoms with Gasteiger partial charge in [0.15, 0.2) is 0 Å². The quantitative estimate of drug-likeness (QED) is 0.780. The van der Waals surface area contributed by atoms with Crippen LogP contribution < -0.4 is 5.32 Å². The van der Waals surface area contributed by atoms with Gasteiger partial charge >= 0.3 is 0 Å². The van der Waals surface area contributed by atoms with Crippen LogP contribution in [0.15, 0.2) is 60.9 Å². The lowest BCUT2D eigenvalue weighted by molar-refractivity contribution is 0.555. The standard InChI is InChI=1S/C18H14F2N4/c1-18(13-7-3-5-9-15(13)20)10-16(12-6-2-4-8-14(12)19)24-17(23-18)21-11-22-24/h2-11H,1H3,(H,21,22,23)/t18-/m0/s1. The van der Waals surface area contributed by atoms with Gasteiger partial charge in [0.1, 0.15) is 18.0 Å². The van der Waals surface area contributed by atoms with E-state index >= 15 is 0 Å². The van der Waals surface area contributed by atoms with Gasteiger partial charge in [0, 0.05) is 11.1 Å². The molecular weight excluding hydrogens is 310 g/mol. The summed E-state index contributed by atoms with van der Waals surface area (Å²) in [5.74, 6) is -0.283. The number of rotatable bonds is 2. The Morgan fingerprint density at radius 3 is 2.46 bits per heavy atom. The minimum Gasteiger partial charge on any atom is -0.341 e. The molecule has 0 bridgehead atoms. The third kappa shape index (κ3) is 2.19. The topological polar surface area (TPSA) is 42.7 Å². The summed E-state index contributed by atoms with van der Waals surface area (Å²) < 4.78 is 30.2. The molecule has 24 heavy (non-hydrogen) atoms. The first kappa shape index (κ1) is 14.6. The highest BCUT2D eigenvalue weighted by atomic mass is 19.1. The lowest BCUT2D eigenvalue weighted by atomic mass is 9.88. The van der Waals surface area contributed by atoms with Gasteiger partial charge in [-0.05, 0) is 31.2 Å². The second kappa shape index (κ2) is 5.26. The zero-order valence-corrected chi connectivity index (χ0v) is 12.9. The van der Waals surface area contributed by atoms with Crippen LogP contribution >= 0.6 is 0 Å². The van der Waals surface area contributed by atoms with Gasteiger partial charge in [0.25, 0.3) is 0 Å². The number of benzene rings is 2. The molecule has 0 spiro atoms. The summed E-state index contributed by atoms with van der Waals surface area (Å²) >= 11 is 0. The van der Waals surface area contributed by atoms with Crippen molar-refractivity contribution in [3.63, 3.8) is 0 Å². The van der Waals surface area contributed by atoms with Crippen molar-refractivity contribution in [1.82, 2.24) is 14.8 Å². The number of fused-ring (bicyclic) bond motifs is 1. The molecule has 3 aromatic rings. The molecule has 2 heterocycles. The minimum absolute atomic E-state index is 0.343. The van der Waals surface area contributed by atoms with Crippen molar-refractivity contribution in [2.24, 2.45) is 0 Å². The lowest BCUT2D eigenvalue weighted by Gasteiger charge is -2.34. The molecule has 1 aliphatic rings. The normalized spacial score (nSPS) is 19.4. The van der Waals surface area contributed by atoms with Crippen LogP contribution in [0.25, 0.3) is 5.70 Å². The first-order valence-electron chi connectivity index (χ1n) is 7.50. The number of nitrogens with one attached hydrogen (secondary N) is 1. The van der Waals surface area contributed by atoms with E-state index in [1.54, 1.807) is 42.5 Å². The summed E-state index contributed by atoms with van der Waals surface area (Å²) in [7, 11) is 0. The third-order valence-corrected chi connectivity index (χ3v) is 4.16. The van der Waals surface area contributed by atoms with Crippen LogP contribution in [0.1, 0.15) is 18.1 Å². The van der Waals surface area contributed by atoms with E-state index in [9.17, 15) is 8.78 Å². The molecule has 0 saturated heterocycles. The monoisotopic (exact) mass is 324 g/mol. The first-order chi connectivity index (χ1) is 11.6. The molecule has 0 unspecified atom stereocenters. The Bertz CT molecular complexity index is 947. The van der Waals surface area contributed by atoms with E-state index in [1.807, 2.05) is 6.92 Å². The second-order valence-electron chi connectivity index (χ2n) is 5.81. The number of hydrogen-bond acceptors (Lipinski definition) is 3. The first-order valence-corrected chi connectivity index (χ1v) is 7.50. The summed E-state index contributed by atoms with van der Waals surface area (Å²) in [5, 5.41) is 7.33. The molecule has 1 N–H and O–H groups in total. The fraction of sp³-hybridized carbons (Fsp3) is 0.111. The summed E-state index contributed by atoms with van der Waals surface area (Å²) in [6.07, 6.45) is 3.15. The van der Waals surface area contributed by atoms with Crippen molar-refractivity contribution in [1.29, 1.82) is 0 Å². The molecule has 6 heteroatoms. The summed E-state index contributed by atoms with van der Waals surface area (Å²) in [5.41, 5.74) is 0.470. The highest BCUT2D eigenvalue weighted by Gasteiger charge is 2.34. The third-order valence-electron chi connectivity index (χ3n) is 4.16. The number of halogens is 2. The minimum atomic E-state index is -0.883. The Morgan fingerprint density at radius 2 is 1.71 bits per heavy atom. The van der Waals surface area contributed by atoms with Crippen LogP contribution in [0.2, 0.25) is 0 Å². The maximum absolute atomic E-state index is 14.3. The van der Waals surface area contributed by atoms with Gasteiger partial charge in [-0.3, -0.25) is 0 Å². The predicted octanol–water partition coefficient (Wildman–Crippen LogP) is 3.79. The van der Waals surface area contributed by atoms with E-state index in [2.05, 4.69) is 15.4 Å². The lowest BCUT2D eigenvalue weighted by Crippen LogP contribution is -2.36. The van der Waals surface area contributed by atoms with Gasteiger partial charge in [-0.15, -0.1) is 0 Å². The predicted molar refractivity (Wildman–Crippen MR) is 87.2 cm³/mol. The van der Waals surface area contributed by atoms with Gasteiger partial charge in [-0.2, -0.15) is 14.8 Å². The molecule has 1 aliphatic heterocycles. The van der Waals surface area contributed by atoms with Crippen molar-refractivity contribution in [2.45, 2.75) is 12.5 Å². The van der Waals surface area contributed by atoms with Gasteiger partial charge in [0.05, 0.1) is 11.2 Å². The molecule has 1 aromatic heterocycles. The van der Waals surface area contributed by atoms with Crippen molar-refractivity contribution < 1.29 is 8.78 Å². The Balaban J connectivity index is 1.95. The number of nitrogens with zero attached hydrogens (tertiary/aromatic N) is 3. The van der Waals surface area contributed by atoms with Gasteiger partial charge < -0.3 is 5.32 Å². The zero-order chi connectivity index (χ0) is 16.7.